The van der Waals surface area contributed by atoms with Crippen molar-refractivity contribution in [3.63, 3.8) is 0 Å². The lowest BCUT2D eigenvalue weighted by molar-refractivity contribution is -0.140. The van der Waals surface area contributed by atoms with Gasteiger partial charge in [0, 0.05) is 36.5 Å². The van der Waals surface area contributed by atoms with Gasteiger partial charge in [0.25, 0.3) is 5.91 Å². The zero-order chi connectivity index (χ0) is 25.8. The summed E-state index contributed by atoms with van der Waals surface area (Å²) in [6, 6.07) is 9.72. The van der Waals surface area contributed by atoms with Gasteiger partial charge in [-0.2, -0.15) is 8.78 Å². The molecule has 1 aliphatic rings. The van der Waals surface area contributed by atoms with Crippen LogP contribution in [0.4, 0.5) is 24.5 Å². The van der Waals surface area contributed by atoms with Crippen LogP contribution in [0, 0.1) is 12.3 Å². The second kappa shape index (κ2) is 10.8. The highest BCUT2D eigenvalue weighted by molar-refractivity contribution is 6.00. The van der Waals surface area contributed by atoms with Gasteiger partial charge in [0.05, 0.1) is 11.7 Å². The van der Waals surface area contributed by atoms with E-state index < -0.39 is 24.0 Å². The third kappa shape index (κ3) is 5.93. The number of allylic oxidation sites excluding steroid dienone is 3. The molecular weight excluding hydrogens is 455 g/mol. The fourth-order valence-electron chi connectivity index (χ4n) is 4.05. The molecule has 2 N–H and O–H groups in total. The van der Waals surface area contributed by atoms with Crippen LogP contribution in [-0.2, 0) is 4.79 Å². The van der Waals surface area contributed by atoms with Gasteiger partial charge in [-0.15, -0.1) is 0 Å². The van der Waals surface area contributed by atoms with Crippen molar-refractivity contribution >= 4 is 23.5 Å². The van der Waals surface area contributed by atoms with Crippen molar-refractivity contribution in [3.05, 3.63) is 77.1 Å². The Labute approximate surface area is 203 Å². The number of anilines is 2. The Morgan fingerprint density at radius 2 is 2.00 bits per heavy atom. The maximum absolute atomic E-state index is 13.9. The molecule has 2 aromatic carbocycles. The molecule has 5 nitrogen and oxygen atoms in total. The minimum Gasteiger partial charge on any atom is -0.483 e. The third-order valence-corrected chi connectivity index (χ3v) is 5.72. The number of ether oxygens (including phenoxy) is 1. The number of hydrogen-bond acceptors (Lipinski definition) is 4. The van der Waals surface area contributed by atoms with Crippen LogP contribution in [-0.4, -0.2) is 30.6 Å². The molecule has 1 aliphatic heterocycles. The van der Waals surface area contributed by atoms with E-state index >= 15 is 0 Å². The monoisotopic (exact) mass is 485 g/mol. The Morgan fingerprint density at radius 3 is 2.66 bits per heavy atom. The molecule has 35 heavy (non-hydrogen) atoms. The summed E-state index contributed by atoms with van der Waals surface area (Å²) < 4.78 is 47.5. The number of carbonyl (C=O) groups excluding carboxylic acids is 1. The number of aryl methyl sites for hydroxylation is 1. The van der Waals surface area contributed by atoms with E-state index in [0.29, 0.717) is 48.1 Å². The molecule has 0 spiro atoms. The number of nitrogens with one attached hydrogen (secondary N) is 2. The minimum atomic E-state index is -3.52. The summed E-state index contributed by atoms with van der Waals surface area (Å²) in [6.45, 7) is 6.37. The van der Waals surface area contributed by atoms with Gasteiger partial charge in [0.15, 0.2) is 0 Å². The minimum absolute atomic E-state index is 0.306. The predicted octanol–water partition coefficient (Wildman–Crippen LogP) is 6.73. The van der Waals surface area contributed by atoms with Crippen LogP contribution < -0.4 is 15.0 Å². The van der Waals surface area contributed by atoms with Crippen LogP contribution >= 0.6 is 0 Å². The van der Waals surface area contributed by atoms with E-state index in [9.17, 15) is 18.0 Å². The van der Waals surface area contributed by atoms with E-state index in [2.05, 4.69) is 5.32 Å². The topological polar surface area (TPSA) is 65.4 Å². The molecule has 8 heteroatoms. The molecule has 0 fully saturated rings. The van der Waals surface area contributed by atoms with E-state index in [4.69, 9.17) is 10.1 Å². The molecule has 0 aromatic heterocycles. The lowest BCUT2D eigenvalue weighted by atomic mass is 10.0. The van der Waals surface area contributed by atoms with E-state index in [0.717, 1.165) is 10.5 Å². The van der Waals surface area contributed by atoms with Crippen molar-refractivity contribution in [3.8, 4) is 5.75 Å². The summed E-state index contributed by atoms with van der Waals surface area (Å²) in [5.74, 6) is -4.67. The van der Waals surface area contributed by atoms with Crippen LogP contribution in [0.15, 0.2) is 60.5 Å². The number of nitrogens with zero attached hydrogens (tertiary/aromatic N) is 1. The highest BCUT2D eigenvalue weighted by Crippen LogP contribution is 2.44. The normalized spacial score (nSPS) is 18.0. The molecule has 3 rings (SSSR count). The van der Waals surface area contributed by atoms with Crippen molar-refractivity contribution < 1.29 is 22.7 Å². The van der Waals surface area contributed by atoms with Crippen molar-refractivity contribution in [2.45, 2.75) is 52.2 Å². The summed E-state index contributed by atoms with van der Waals surface area (Å²) in [6.07, 6.45) is 5.62. The van der Waals surface area contributed by atoms with Gasteiger partial charge in [-0.1, -0.05) is 30.7 Å². The Hall–Kier alpha value is -3.55. The number of hydrogen-bond donors (Lipinski definition) is 2. The van der Waals surface area contributed by atoms with Gasteiger partial charge in [-0.05, 0) is 56.7 Å². The zero-order valence-corrected chi connectivity index (χ0v) is 20.2. The maximum atomic E-state index is 13.9. The van der Waals surface area contributed by atoms with Crippen molar-refractivity contribution in [2.24, 2.45) is 0 Å². The lowest BCUT2D eigenvalue weighted by Crippen LogP contribution is -2.46. The Morgan fingerprint density at radius 1 is 1.26 bits per heavy atom. The first-order chi connectivity index (χ1) is 16.6. The highest BCUT2D eigenvalue weighted by Gasteiger charge is 2.47. The molecule has 0 radical (unpaired) electrons. The molecule has 1 amide bonds. The van der Waals surface area contributed by atoms with E-state index in [-0.39, 0.29) is 5.83 Å². The number of alkyl halides is 2. The van der Waals surface area contributed by atoms with Crippen LogP contribution in [0.25, 0.3) is 0 Å². The second-order valence-corrected chi connectivity index (χ2v) is 8.58. The third-order valence-electron chi connectivity index (χ3n) is 5.72. The van der Waals surface area contributed by atoms with Crippen molar-refractivity contribution in [1.29, 1.82) is 5.41 Å². The molecule has 186 valence electrons. The first-order valence-corrected chi connectivity index (χ1v) is 11.5. The SMILES string of the molecule is CC/C=C(F)\C=C/CNc1ccc(O[C@@H]2c3cc(C)ccc3N(C(=O)C(C)(F)F)C2C)cc1C=N. The van der Waals surface area contributed by atoms with Crippen LogP contribution in [0.3, 0.4) is 0 Å². The smallest absolute Gasteiger partial charge is 0.322 e. The molecule has 0 aliphatic carbocycles. The molecular formula is C27H30F3N3O2. The number of fused-ring (bicyclic) bond motifs is 1. The second-order valence-electron chi connectivity index (χ2n) is 8.58. The summed E-state index contributed by atoms with van der Waals surface area (Å²) in [4.78, 5) is 13.6. The average Bonchev–Trinajstić information content (AvgIpc) is 3.06. The summed E-state index contributed by atoms with van der Waals surface area (Å²) in [5, 5.41) is 10.9. The standard InChI is InChI=1S/C27H30F3N3O2/c1-5-7-20(28)8-6-13-32-23-11-10-21(15-19(23)16-31)35-25-18(3)33(26(34)27(4,29)30)24-12-9-17(2)14-22(24)25/h6-12,14-16,18,25,31-32H,5,13H2,1-4H3/b8-6-,20-7+,31-16?/t18?,25-/m0/s1. The Balaban J connectivity index is 1.83. The Kier molecular flexibility index (Phi) is 8.04. The van der Waals surface area contributed by atoms with E-state index in [1.165, 1.54) is 18.4 Å². The highest BCUT2D eigenvalue weighted by atomic mass is 19.3. The van der Waals surface area contributed by atoms with E-state index in [1.807, 2.05) is 19.9 Å². The predicted molar refractivity (Wildman–Crippen MR) is 134 cm³/mol. The van der Waals surface area contributed by atoms with Crippen molar-refractivity contribution in [1.82, 2.24) is 0 Å². The number of halogens is 3. The molecule has 1 heterocycles. The fraction of sp³-hybridized carbons (Fsp3) is 0.333. The molecule has 0 bridgehead atoms. The van der Waals surface area contributed by atoms with Gasteiger partial charge in [-0.25, -0.2) is 4.39 Å². The van der Waals surface area contributed by atoms with E-state index in [1.54, 1.807) is 43.3 Å². The summed E-state index contributed by atoms with van der Waals surface area (Å²) in [5.41, 5.74) is 3.18. The molecule has 0 saturated carbocycles. The van der Waals surface area contributed by atoms with Gasteiger partial charge in [0.1, 0.15) is 17.7 Å². The van der Waals surface area contributed by atoms with Gasteiger partial charge in [-0.3, -0.25) is 9.69 Å². The number of carbonyl (C=O) groups is 1. The zero-order valence-electron chi connectivity index (χ0n) is 20.2. The maximum Gasteiger partial charge on any atom is 0.322 e. The van der Waals surface area contributed by atoms with Gasteiger partial charge in [0.2, 0.25) is 0 Å². The first kappa shape index (κ1) is 26.1. The largest absolute Gasteiger partial charge is 0.483 e. The summed E-state index contributed by atoms with van der Waals surface area (Å²) in [7, 11) is 0. The first-order valence-electron chi connectivity index (χ1n) is 11.5. The Bertz CT molecular complexity index is 1150. The number of benzene rings is 2. The molecule has 0 saturated heterocycles. The summed E-state index contributed by atoms with van der Waals surface area (Å²) >= 11 is 0. The van der Waals surface area contributed by atoms with Crippen molar-refractivity contribution in [2.75, 3.05) is 16.8 Å². The molecule has 2 aromatic rings. The van der Waals surface area contributed by atoms with Crippen LogP contribution in [0.2, 0.25) is 0 Å². The van der Waals surface area contributed by atoms with Gasteiger partial charge < -0.3 is 15.5 Å². The lowest BCUT2D eigenvalue weighted by Gasteiger charge is -2.28. The van der Waals surface area contributed by atoms with Gasteiger partial charge >= 0.3 is 5.92 Å². The quantitative estimate of drug-likeness (QED) is 0.306. The van der Waals surface area contributed by atoms with Crippen LogP contribution in [0.5, 0.6) is 5.75 Å². The molecule has 1 unspecified atom stereocenters. The molecule has 2 atom stereocenters. The fourth-order valence-corrected chi connectivity index (χ4v) is 4.05. The number of amides is 1. The van der Waals surface area contributed by atoms with Crippen LogP contribution in [0.1, 0.15) is 50.0 Å². The average molecular weight is 486 g/mol. The number of rotatable bonds is 9.